The Hall–Kier alpha value is -1.39. The number of rotatable bonds is 1. The van der Waals surface area contributed by atoms with Gasteiger partial charge in [0, 0.05) is 35.7 Å². The van der Waals surface area contributed by atoms with E-state index in [-0.39, 0.29) is 11.9 Å². The third kappa shape index (κ3) is 2.45. The summed E-state index contributed by atoms with van der Waals surface area (Å²) in [6, 6.07) is 12.2. The molecule has 0 bridgehead atoms. The smallest absolute Gasteiger partial charge is 0.254 e. The van der Waals surface area contributed by atoms with Gasteiger partial charge in [-0.05, 0) is 29.8 Å². The van der Waals surface area contributed by atoms with E-state index in [0.29, 0.717) is 0 Å². The van der Waals surface area contributed by atoms with Gasteiger partial charge in [0.2, 0.25) is 0 Å². The zero-order valence-corrected chi connectivity index (χ0v) is 13.0. The van der Waals surface area contributed by atoms with Crippen molar-refractivity contribution in [3.8, 4) is 0 Å². The Bertz CT molecular complexity index is 656. The first kappa shape index (κ1) is 13.6. The second kappa shape index (κ2) is 5.54. The van der Waals surface area contributed by atoms with Gasteiger partial charge in [-0.3, -0.25) is 4.79 Å². The van der Waals surface area contributed by atoms with Crippen molar-refractivity contribution in [1.82, 2.24) is 10.2 Å². The molecule has 2 aromatic carbocycles. The fraction of sp³-hybridized carbons (Fsp3) is 0.312. The molecule has 0 spiro atoms. The topological polar surface area (TPSA) is 32.3 Å². The Balaban J connectivity index is 2.06. The highest BCUT2D eigenvalue weighted by Gasteiger charge is 2.25. The molecule has 104 valence electrons. The lowest BCUT2D eigenvalue weighted by Gasteiger charge is -2.34. The molecule has 3 nitrogen and oxygen atoms in total. The lowest BCUT2D eigenvalue weighted by Crippen LogP contribution is -2.52. The Morgan fingerprint density at radius 2 is 2.15 bits per heavy atom. The normalized spacial score (nSPS) is 19.3. The summed E-state index contributed by atoms with van der Waals surface area (Å²) in [5, 5.41) is 5.43. The van der Waals surface area contributed by atoms with Crippen molar-refractivity contribution in [3.05, 3.63) is 46.4 Å². The molecule has 0 radical (unpaired) electrons. The van der Waals surface area contributed by atoms with Crippen molar-refractivity contribution in [1.29, 1.82) is 0 Å². The highest BCUT2D eigenvalue weighted by molar-refractivity contribution is 9.10. The van der Waals surface area contributed by atoms with Crippen molar-refractivity contribution in [2.45, 2.75) is 13.0 Å². The highest BCUT2D eigenvalue weighted by atomic mass is 79.9. The van der Waals surface area contributed by atoms with E-state index < -0.39 is 0 Å². The Morgan fingerprint density at radius 1 is 1.35 bits per heavy atom. The van der Waals surface area contributed by atoms with E-state index in [1.54, 1.807) is 0 Å². The summed E-state index contributed by atoms with van der Waals surface area (Å²) in [7, 11) is 0. The standard InChI is InChI=1S/C16H17BrN2O/c1-11-10-18-6-7-19(11)16(20)15-9-13(17)8-12-4-2-3-5-14(12)15/h2-5,8-9,11,18H,6-7,10H2,1H3/t11-/m1/s1. The average molecular weight is 333 g/mol. The number of benzene rings is 2. The van der Waals surface area contributed by atoms with E-state index in [0.717, 1.165) is 40.4 Å². The van der Waals surface area contributed by atoms with E-state index in [1.165, 1.54) is 0 Å². The van der Waals surface area contributed by atoms with Crippen molar-refractivity contribution >= 4 is 32.6 Å². The molecule has 20 heavy (non-hydrogen) atoms. The van der Waals surface area contributed by atoms with E-state index in [9.17, 15) is 4.79 Å². The second-order valence-electron chi connectivity index (χ2n) is 5.23. The Morgan fingerprint density at radius 3 is 2.95 bits per heavy atom. The van der Waals surface area contributed by atoms with Crippen LogP contribution in [0.4, 0.5) is 0 Å². The van der Waals surface area contributed by atoms with Crippen molar-refractivity contribution in [3.63, 3.8) is 0 Å². The van der Waals surface area contributed by atoms with Gasteiger partial charge >= 0.3 is 0 Å². The minimum absolute atomic E-state index is 0.122. The van der Waals surface area contributed by atoms with Gasteiger partial charge in [0.15, 0.2) is 0 Å². The average Bonchev–Trinajstić information content (AvgIpc) is 2.46. The third-order valence-electron chi connectivity index (χ3n) is 3.82. The first-order chi connectivity index (χ1) is 9.66. The molecule has 0 saturated carbocycles. The molecule has 3 rings (SSSR count). The van der Waals surface area contributed by atoms with Gasteiger partial charge in [-0.1, -0.05) is 40.2 Å². The van der Waals surface area contributed by atoms with Crippen LogP contribution < -0.4 is 5.32 Å². The first-order valence-corrected chi connectivity index (χ1v) is 7.66. The minimum atomic E-state index is 0.122. The molecule has 0 unspecified atom stereocenters. The molecule has 1 atom stereocenters. The molecule has 2 aromatic rings. The number of halogens is 1. The summed E-state index contributed by atoms with van der Waals surface area (Å²) < 4.78 is 0.947. The van der Waals surface area contributed by atoms with Gasteiger partial charge in [0.1, 0.15) is 0 Å². The third-order valence-corrected chi connectivity index (χ3v) is 4.28. The largest absolute Gasteiger partial charge is 0.333 e. The molecule has 0 aromatic heterocycles. The van der Waals surface area contributed by atoms with Crippen LogP contribution in [0, 0.1) is 0 Å². The maximum Gasteiger partial charge on any atom is 0.254 e. The number of fused-ring (bicyclic) bond motifs is 1. The van der Waals surface area contributed by atoms with Crippen LogP contribution in [0.3, 0.4) is 0 Å². The summed E-state index contributed by atoms with van der Waals surface area (Å²) in [4.78, 5) is 14.8. The van der Waals surface area contributed by atoms with Crippen LogP contribution in [-0.2, 0) is 0 Å². The molecule has 1 aliphatic rings. The van der Waals surface area contributed by atoms with Gasteiger partial charge in [-0.2, -0.15) is 0 Å². The maximum atomic E-state index is 12.9. The van der Waals surface area contributed by atoms with Crippen LogP contribution in [-0.4, -0.2) is 36.5 Å². The second-order valence-corrected chi connectivity index (χ2v) is 6.14. The summed E-state index contributed by atoms with van der Waals surface area (Å²) in [6.07, 6.45) is 0. The molecule has 1 fully saturated rings. The van der Waals surface area contributed by atoms with Crippen LogP contribution in [0.2, 0.25) is 0 Å². The van der Waals surface area contributed by atoms with Crippen LogP contribution in [0.15, 0.2) is 40.9 Å². The van der Waals surface area contributed by atoms with E-state index in [4.69, 9.17) is 0 Å². The predicted octanol–water partition coefficient (Wildman–Crippen LogP) is 3.04. The van der Waals surface area contributed by atoms with E-state index >= 15 is 0 Å². The van der Waals surface area contributed by atoms with Gasteiger partial charge in [-0.15, -0.1) is 0 Å². The summed E-state index contributed by atoms with van der Waals surface area (Å²) >= 11 is 3.51. The van der Waals surface area contributed by atoms with Crippen LogP contribution in [0.1, 0.15) is 17.3 Å². The fourth-order valence-corrected chi connectivity index (χ4v) is 3.22. The molecule has 1 heterocycles. The molecule has 4 heteroatoms. The van der Waals surface area contributed by atoms with Gasteiger partial charge < -0.3 is 10.2 Å². The van der Waals surface area contributed by atoms with Crippen LogP contribution >= 0.6 is 15.9 Å². The monoisotopic (exact) mass is 332 g/mol. The Kier molecular flexibility index (Phi) is 3.76. The number of amides is 1. The van der Waals surface area contributed by atoms with E-state index in [2.05, 4.69) is 28.2 Å². The quantitative estimate of drug-likeness (QED) is 0.870. The summed E-state index contributed by atoms with van der Waals surface area (Å²) in [5.41, 5.74) is 0.781. The van der Waals surface area contributed by atoms with Crippen LogP contribution in [0.25, 0.3) is 10.8 Å². The zero-order valence-electron chi connectivity index (χ0n) is 11.4. The summed E-state index contributed by atoms with van der Waals surface area (Å²) in [5.74, 6) is 0.122. The molecule has 0 aliphatic carbocycles. The highest BCUT2D eigenvalue weighted by Crippen LogP contribution is 2.26. The predicted molar refractivity (Wildman–Crippen MR) is 85.0 cm³/mol. The maximum absolute atomic E-state index is 12.9. The number of carbonyl (C=O) groups excluding carboxylic acids is 1. The van der Waals surface area contributed by atoms with Gasteiger partial charge in [0.25, 0.3) is 5.91 Å². The molecule has 1 aliphatic heterocycles. The zero-order chi connectivity index (χ0) is 14.1. The number of carbonyl (C=O) groups is 1. The molecule has 1 amide bonds. The van der Waals surface area contributed by atoms with Crippen molar-refractivity contribution < 1.29 is 4.79 Å². The number of nitrogens with zero attached hydrogens (tertiary/aromatic N) is 1. The lowest BCUT2D eigenvalue weighted by molar-refractivity contribution is 0.0658. The molecule has 1 N–H and O–H groups in total. The number of nitrogens with one attached hydrogen (secondary N) is 1. The Labute approximate surface area is 127 Å². The van der Waals surface area contributed by atoms with Crippen LogP contribution in [0.5, 0.6) is 0 Å². The van der Waals surface area contributed by atoms with Crippen molar-refractivity contribution in [2.24, 2.45) is 0 Å². The SMILES string of the molecule is C[C@@H]1CNCCN1C(=O)c1cc(Br)cc2ccccc12. The lowest BCUT2D eigenvalue weighted by atomic mass is 10.0. The van der Waals surface area contributed by atoms with Gasteiger partial charge in [-0.25, -0.2) is 0 Å². The molecular formula is C16H17BrN2O. The molecule has 1 saturated heterocycles. The number of hydrogen-bond acceptors (Lipinski definition) is 2. The fourth-order valence-electron chi connectivity index (χ4n) is 2.75. The number of hydrogen-bond donors (Lipinski definition) is 1. The van der Waals surface area contributed by atoms with Crippen molar-refractivity contribution in [2.75, 3.05) is 19.6 Å². The van der Waals surface area contributed by atoms with E-state index in [1.807, 2.05) is 41.3 Å². The van der Waals surface area contributed by atoms with Gasteiger partial charge in [0.05, 0.1) is 0 Å². The summed E-state index contributed by atoms with van der Waals surface area (Å²) in [6.45, 7) is 4.57. The minimum Gasteiger partial charge on any atom is -0.333 e. The number of piperazine rings is 1. The first-order valence-electron chi connectivity index (χ1n) is 6.87. The molecular weight excluding hydrogens is 316 g/mol.